The normalized spacial score (nSPS) is 10.0. The lowest BCUT2D eigenvalue weighted by Gasteiger charge is -2.12. The van der Waals surface area contributed by atoms with Gasteiger partial charge in [-0.15, -0.1) is 0 Å². The van der Waals surface area contributed by atoms with E-state index in [0.29, 0.717) is 24.4 Å². The summed E-state index contributed by atoms with van der Waals surface area (Å²) in [6.07, 6.45) is 0.290. The topological polar surface area (TPSA) is 76.7 Å². The summed E-state index contributed by atoms with van der Waals surface area (Å²) in [7, 11) is 3.14. The first-order chi connectivity index (χ1) is 12.0. The molecule has 6 nitrogen and oxygen atoms in total. The van der Waals surface area contributed by atoms with E-state index >= 15 is 0 Å². The predicted molar refractivity (Wildman–Crippen MR) is 95.8 cm³/mol. The third-order valence-corrected chi connectivity index (χ3v) is 3.59. The molecule has 25 heavy (non-hydrogen) atoms. The van der Waals surface area contributed by atoms with E-state index in [4.69, 9.17) is 9.47 Å². The molecule has 0 aliphatic rings. The van der Waals surface area contributed by atoms with Crippen LogP contribution in [0, 0.1) is 0 Å². The maximum atomic E-state index is 12.1. The molecule has 0 spiro atoms. The number of methoxy groups -OCH3 is 2. The molecule has 0 atom stereocenters. The van der Waals surface area contributed by atoms with Crippen molar-refractivity contribution in [2.24, 2.45) is 0 Å². The van der Waals surface area contributed by atoms with Crippen molar-refractivity contribution >= 4 is 17.5 Å². The van der Waals surface area contributed by atoms with E-state index in [-0.39, 0.29) is 11.8 Å². The van der Waals surface area contributed by atoms with Crippen molar-refractivity contribution in [3.63, 3.8) is 0 Å². The van der Waals surface area contributed by atoms with Crippen LogP contribution in [0.15, 0.2) is 42.5 Å². The highest BCUT2D eigenvalue weighted by molar-refractivity contribution is 5.90. The summed E-state index contributed by atoms with van der Waals surface area (Å²) in [5.74, 6) is 1.07. The van der Waals surface area contributed by atoms with Crippen molar-refractivity contribution in [2.45, 2.75) is 19.9 Å². The lowest BCUT2D eigenvalue weighted by molar-refractivity contribution is -0.120. The maximum absolute atomic E-state index is 12.1. The van der Waals surface area contributed by atoms with Gasteiger partial charge in [-0.1, -0.05) is 18.2 Å². The van der Waals surface area contributed by atoms with Crippen molar-refractivity contribution in [3.8, 4) is 11.5 Å². The van der Waals surface area contributed by atoms with Crippen LogP contribution in [0.5, 0.6) is 11.5 Å². The number of hydrogen-bond acceptors (Lipinski definition) is 4. The smallest absolute Gasteiger partial charge is 0.224 e. The summed E-state index contributed by atoms with van der Waals surface area (Å²) in [5, 5.41) is 5.58. The van der Waals surface area contributed by atoms with Gasteiger partial charge in [-0.25, -0.2) is 0 Å². The lowest BCUT2D eigenvalue weighted by Crippen LogP contribution is -2.24. The maximum Gasteiger partial charge on any atom is 0.224 e. The Hall–Kier alpha value is -3.02. The fraction of sp³-hybridized carbons (Fsp3) is 0.263. The van der Waals surface area contributed by atoms with E-state index < -0.39 is 0 Å². The second-order valence-corrected chi connectivity index (χ2v) is 5.52. The number of rotatable bonds is 7. The summed E-state index contributed by atoms with van der Waals surface area (Å²) >= 11 is 0. The number of hydrogen-bond donors (Lipinski definition) is 2. The van der Waals surface area contributed by atoms with Gasteiger partial charge in [-0.3, -0.25) is 9.59 Å². The van der Waals surface area contributed by atoms with Crippen molar-refractivity contribution in [1.29, 1.82) is 0 Å². The molecule has 132 valence electrons. The Morgan fingerprint density at radius 3 is 2.24 bits per heavy atom. The highest BCUT2D eigenvalue weighted by Crippen LogP contribution is 2.25. The Labute approximate surface area is 147 Å². The molecule has 2 amide bonds. The third-order valence-electron chi connectivity index (χ3n) is 3.59. The van der Waals surface area contributed by atoms with Crippen LogP contribution in [-0.2, 0) is 22.6 Å². The number of nitrogens with one attached hydrogen (secondary N) is 2. The molecule has 0 radical (unpaired) electrons. The molecule has 0 fully saturated rings. The summed E-state index contributed by atoms with van der Waals surface area (Å²) in [6, 6.07) is 12.8. The molecule has 2 aromatic carbocycles. The Kier molecular flexibility index (Phi) is 6.39. The van der Waals surface area contributed by atoms with Crippen LogP contribution >= 0.6 is 0 Å². The summed E-state index contributed by atoms with van der Waals surface area (Å²) in [5.41, 5.74) is 2.36. The van der Waals surface area contributed by atoms with E-state index in [1.54, 1.807) is 19.2 Å². The second-order valence-electron chi connectivity index (χ2n) is 5.52. The molecule has 2 rings (SSSR count). The standard InChI is InChI=1S/C19H22N2O4/c1-13(22)21-17-10-15(6-9-18(17)25-3)12-20-19(23)11-14-4-7-16(24-2)8-5-14/h4-10H,11-12H2,1-3H3,(H,20,23)(H,21,22). The fourth-order valence-electron chi connectivity index (χ4n) is 2.34. The summed E-state index contributed by atoms with van der Waals surface area (Å²) in [4.78, 5) is 23.4. The Morgan fingerprint density at radius 2 is 1.64 bits per heavy atom. The molecule has 0 saturated carbocycles. The highest BCUT2D eigenvalue weighted by atomic mass is 16.5. The number of amides is 2. The van der Waals surface area contributed by atoms with Crippen molar-refractivity contribution < 1.29 is 19.1 Å². The predicted octanol–water partition coefficient (Wildman–Crippen LogP) is 2.52. The van der Waals surface area contributed by atoms with Crippen molar-refractivity contribution in [1.82, 2.24) is 5.32 Å². The molecule has 2 N–H and O–H groups in total. The third kappa shape index (κ3) is 5.53. The van der Waals surface area contributed by atoms with Gasteiger partial charge in [0.15, 0.2) is 0 Å². The van der Waals surface area contributed by atoms with Gasteiger partial charge in [0.25, 0.3) is 0 Å². The van der Waals surface area contributed by atoms with Crippen LogP contribution in [-0.4, -0.2) is 26.0 Å². The molecule has 0 bridgehead atoms. The number of carbonyl (C=O) groups is 2. The van der Waals surface area contributed by atoms with E-state index in [1.807, 2.05) is 30.3 Å². The first-order valence-electron chi connectivity index (χ1n) is 7.86. The Bertz CT molecular complexity index is 742. The Balaban J connectivity index is 1.95. The highest BCUT2D eigenvalue weighted by Gasteiger charge is 2.08. The second kappa shape index (κ2) is 8.73. The largest absolute Gasteiger partial charge is 0.497 e. The average Bonchev–Trinajstić information content (AvgIpc) is 2.60. The van der Waals surface area contributed by atoms with Crippen LogP contribution in [0.3, 0.4) is 0 Å². The number of anilines is 1. The molecule has 0 unspecified atom stereocenters. The van der Waals surface area contributed by atoms with Gasteiger partial charge in [-0.2, -0.15) is 0 Å². The van der Waals surface area contributed by atoms with E-state index in [1.165, 1.54) is 14.0 Å². The van der Waals surface area contributed by atoms with E-state index in [2.05, 4.69) is 10.6 Å². The zero-order valence-corrected chi connectivity index (χ0v) is 14.6. The minimum Gasteiger partial charge on any atom is -0.497 e. The molecule has 2 aromatic rings. The van der Waals surface area contributed by atoms with Gasteiger partial charge >= 0.3 is 0 Å². The average molecular weight is 342 g/mol. The van der Waals surface area contributed by atoms with Gasteiger partial charge in [-0.05, 0) is 35.4 Å². The fourth-order valence-corrected chi connectivity index (χ4v) is 2.34. The quantitative estimate of drug-likeness (QED) is 0.811. The van der Waals surface area contributed by atoms with Crippen LogP contribution in [0.1, 0.15) is 18.1 Å². The molecule has 0 saturated heterocycles. The number of ether oxygens (including phenoxy) is 2. The summed E-state index contributed by atoms with van der Waals surface area (Å²) < 4.78 is 10.3. The Morgan fingerprint density at radius 1 is 0.960 bits per heavy atom. The first-order valence-corrected chi connectivity index (χ1v) is 7.86. The molecular formula is C19H22N2O4. The van der Waals surface area contributed by atoms with Crippen LogP contribution in [0.25, 0.3) is 0 Å². The molecule has 0 aliphatic heterocycles. The van der Waals surface area contributed by atoms with E-state index in [9.17, 15) is 9.59 Å². The number of benzene rings is 2. The molecule has 0 aromatic heterocycles. The van der Waals surface area contributed by atoms with Crippen LogP contribution < -0.4 is 20.1 Å². The molecule has 0 heterocycles. The van der Waals surface area contributed by atoms with Crippen molar-refractivity contribution in [2.75, 3.05) is 19.5 Å². The monoisotopic (exact) mass is 342 g/mol. The van der Waals surface area contributed by atoms with Crippen LogP contribution in [0.4, 0.5) is 5.69 Å². The molecule has 6 heteroatoms. The zero-order valence-electron chi connectivity index (χ0n) is 14.6. The van der Waals surface area contributed by atoms with Gasteiger partial charge < -0.3 is 20.1 Å². The van der Waals surface area contributed by atoms with Gasteiger partial charge in [0, 0.05) is 13.5 Å². The van der Waals surface area contributed by atoms with E-state index in [0.717, 1.165) is 16.9 Å². The minimum atomic E-state index is -0.181. The lowest BCUT2D eigenvalue weighted by atomic mass is 10.1. The van der Waals surface area contributed by atoms with Crippen LogP contribution in [0.2, 0.25) is 0 Å². The summed E-state index contributed by atoms with van der Waals surface area (Å²) in [6.45, 7) is 1.80. The van der Waals surface area contributed by atoms with Gasteiger partial charge in [0.2, 0.25) is 11.8 Å². The molecular weight excluding hydrogens is 320 g/mol. The first kappa shape index (κ1) is 18.3. The minimum absolute atomic E-state index is 0.0814. The zero-order chi connectivity index (χ0) is 18.2. The van der Waals surface area contributed by atoms with Gasteiger partial charge in [0.05, 0.1) is 26.3 Å². The SMILES string of the molecule is COc1ccc(CC(=O)NCc2ccc(OC)c(NC(C)=O)c2)cc1. The number of carbonyl (C=O) groups excluding carboxylic acids is 2. The molecule has 0 aliphatic carbocycles. The van der Waals surface area contributed by atoms with Crippen molar-refractivity contribution in [3.05, 3.63) is 53.6 Å². The van der Waals surface area contributed by atoms with Gasteiger partial charge in [0.1, 0.15) is 11.5 Å².